The molecule has 0 amide bonds. The van der Waals surface area contributed by atoms with Crippen LogP contribution in [0.15, 0.2) is 48.5 Å². The van der Waals surface area contributed by atoms with Crippen molar-refractivity contribution in [2.24, 2.45) is 0 Å². The zero-order valence-corrected chi connectivity index (χ0v) is 18.2. The fourth-order valence-corrected chi connectivity index (χ4v) is 3.96. The Morgan fingerprint density at radius 3 is 1.24 bits per heavy atom. The van der Waals surface area contributed by atoms with Crippen LogP contribution in [0.25, 0.3) is 0 Å². The molecular weight excluding hydrogens is 420 g/mol. The Balaban J connectivity index is 2.18. The van der Waals surface area contributed by atoms with Gasteiger partial charge in [-0.1, -0.05) is 38.1 Å². The van der Waals surface area contributed by atoms with E-state index in [0.29, 0.717) is 0 Å². The van der Waals surface area contributed by atoms with Crippen LogP contribution in [0.5, 0.6) is 11.5 Å². The van der Waals surface area contributed by atoms with Gasteiger partial charge in [-0.25, -0.2) is 8.37 Å². The summed E-state index contributed by atoms with van der Waals surface area (Å²) in [6.07, 6.45) is 0. The molecule has 0 aromatic heterocycles. The number of hydrogen-bond acceptors (Lipinski definition) is 8. The van der Waals surface area contributed by atoms with Crippen LogP contribution in [0.1, 0.15) is 38.8 Å². The largest absolute Gasteiger partial charge is 0.449 e. The maximum atomic E-state index is 11.6. The molecule has 0 fully saturated rings. The van der Waals surface area contributed by atoms with Gasteiger partial charge in [0.2, 0.25) is 0 Å². The third-order valence-corrected chi connectivity index (χ3v) is 5.91. The van der Waals surface area contributed by atoms with Crippen LogP contribution in [-0.4, -0.2) is 30.0 Å². The first-order valence-corrected chi connectivity index (χ1v) is 11.5. The lowest BCUT2D eigenvalue weighted by molar-refractivity contribution is 0.286. The zero-order valence-electron chi connectivity index (χ0n) is 16.6. The van der Waals surface area contributed by atoms with Crippen molar-refractivity contribution < 1.29 is 33.6 Å². The molecule has 0 saturated heterocycles. The van der Waals surface area contributed by atoms with Crippen LogP contribution >= 0.6 is 0 Å². The van der Waals surface area contributed by atoms with Crippen molar-refractivity contribution in [2.75, 3.05) is 13.2 Å². The molecule has 0 aliphatic heterocycles. The van der Waals surface area contributed by atoms with E-state index in [9.17, 15) is 16.8 Å². The van der Waals surface area contributed by atoms with Crippen molar-refractivity contribution in [1.82, 2.24) is 0 Å². The molecule has 2 aromatic carbocycles. The lowest BCUT2D eigenvalue weighted by atomic mass is 9.78. The molecule has 0 aliphatic carbocycles. The molecule has 0 heterocycles. The first kappa shape index (κ1) is 23.1. The third kappa shape index (κ3) is 6.43. The third-order valence-electron chi connectivity index (χ3n) is 4.07. The van der Waals surface area contributed by atoms with Crippen molar-refractivity contribution >= 4 is 20.8 Å². The molecule has 160 valence electrons. The number of benzene rings is 2. The molecule has 0 bridgehead atoms. The summed E-state index contributed by atoms with van der Waals surface area (Å²) in [5, 5.41) is 0. The van der Waals surface area contributed by atoms with Gasteiger partial charge < -0.3 is 8.37 Å². The second kappa shape index (κ2) is 9.12. The van der Waals surface area contributed by atoms with Crippen LogP contribution in [0.4, 0.5) is 0 Å². The summed E-state index contributed by atoms with van der Waals surface area (Å²) in [6.45, 7) is 7.03. The predicted octanol–water partition coefficient (Wildman–Crippen LogP) is 3.33. The van der Waals surface area contributed by atoms with E-state index in [2.05, 4.69) is 8.37 Å². The Hall–Kier alpha value is -2.14. The van der Waals surface area contributed by atoms with Gasteiger partial charge in [0, 0.05) is 5.41 Å². The van der Waals surface area contributed by atoms with Gasteiger partial charge in [0.25, 0.3) is 0 Å². The van der Waals surface area contributed by atoms with E-state index in [4.69, 9.17) is 8.37 Å². The number of hydrogen-bond donors (Lipinski definition) is 0. The van der Waals surface area contributed by atoms with Gasteiger partial charge in [-0.15, -0.1) is 0 Å². The Morgan fingerprint density at radius 2 is 0.966 bits per heavy atom. The Morgan fingerprint density at radius 1 is 0.655 bits per heavy atom. The van der Waals surface area contributed by atoms with Gasteiger partial charge in [0.05, 0.1) is 13.2 Å². The van der Waals surface area contributed by atoms with Gasteiger partial charge in [-0.05, 0) is 49.2 Å². The van der Waals surface area contributed by atoms with E-state index < -0.39 is 26.2 Å². The molecule has 0 saturated carbocycles. The van der Waals surface area contributed by atoms with E-state index in [1.165, 1.54) is 0 Å². The van der Waals surface area contributed by atoms with Gasteiger partial charge in [0.1, 0.15) is 11.5 Å². The highest BCUT2D eigenvalue weighted by molar-refractivity contribution is 7.82. The monoisotopic (exact) mass is 444 g/mol. The fraction of sp³-hybridized carbons (Fsp3) is 0.368. The van der Waals surface area contributed by atoms with Gasteiger partial charge in [-0.3, -0.25) is 0 Å². The van der Waals surface area contributed by atoms with Crippen LogP contribution < -0.4 is 8.37 Å². The standard InChI is InChI=1S/C19H24O8S2/c1-5-24-28(20,21)26-17-11-7-15(8-12-17)19(3,4)16-9-13-18(14-10-16)27-29(22,23)25-6-2/h7-14H,5-6H2,1-4H3. The topological polar surface area (TPSA) is 105 Å². The van der Waals surface area contributed by atoms with Crippen molar-refractivity contribution in [3.63, 3.8) is 0 Å². The summed E-state index contributed by atoms with van der Waals surface area (Å²) in [5.74, 6) is 0.283. The smallest absolute Gasteiger partial charge is 0.362 e. The summed E-state index contributed by atoms with van der Waals surface area (Å²) in [5.41, 5.74) is 1.35. The molecule has 10 heteroatoms. The maximum absolute atomic E-state index is 11.6. The lowest BCUT2D eigenvalue weighted by Gasteiger charge is -2.26. The lowest BCUT2D eigenvalue weighted by Crippen LogP contribution is -2.19. The summed E-state index contributed by atoms with van der Waals surface area (Å²) in [4.78, 5) is 0. The van der Waals surface area contributed by atoms with Gasteiger partial charge >= 0.3 is 20.8 Å². The fourth-order valence-electron chi connectivity index (χ4n) is 2.59. The quantitative estimate of drug-likeness (QED) is 0.549. The summed E-state index contributed by atoms with van der Waals surface area (Å²) >= 11 is 0. The predicted molar refractivity (Wildman–Crippen MR) is 107 cm³/mol. The summed E-state index contributed by atoms with van der Waals surface area (Å²) in [6, 6.07) is 13.2. The molecule has 0 spiro atoms. The highest BCUT2D eigenvalue weighted by Gasteiger charge is 2.24. The highest BCUT2D eigenvalue weighted by atomic mass is 32.3. The van der Waals surface area contributed by atoms with Crippen molar-refractivity contribution in [2.45, 2.75) is 33.1 Å². The molecule has 8 nitrogen and oxygen atoms in total. The molecule has 29 heavy (non-hydrogen) atoms. The SMILES string of the molecule is CCOS(=O)(=O)Oc1ccc(C(C)(C)c2ccc(OS(=O)(=O)OCC)cc2)cc1. The number of rotatable bonds is 10. The van der Waals surface area contributed by atoms with E-state index in [1.807, 2.05) is 13.8 Å². The van der Waals surface area contributed by atoms with Crippen LogP contribution in [0.2, 0.25) is 0 Å². The second-order valence-electron chi connectivity index (χ2n) is 6.47. The maximum Gasteiger partial charge on any atom is 0.449 e. The molecule has 0 aliphatic rings. The minimum atomic E-state index is -4.08. The Kier molecular flexibility index (Phi) is 7.28. The molecule has 0 unspecified atom stereocenters. The minimum Gasteiger partial charge on any atom is -0.362 e. The van der Waals surface area contributed by atoms with Crippen LogP contribution in [0.3, 0.4) is 0 Å². The zero-order chi connectivity index (χ0) is 21.7. The van der Waals surface area contributed by atoms with E-state index in [0.717, 1.165) is 11.1 Å². The van der Waals surface area contributed by atoms with Crippen molar-refractivity contribution in [3.8, 4) is 11.5 Å². The molecule has 2 rings (SSSR count). The summed E-state index contributed by atoms with van der Waals surface area (Å²) < 4.78 is 65.1. The molecular formula is C19H24O8S2. The van der Waals surface area contributed by atoms with E-state index in [-0.39, 0.29) is 24.7 Å². The Bertz CT molecular complexity index is 925. The average Bonchev–Trinajstić information content (AvgIpc) is 2.61. The first-order chi connectivity index (χ1) is 13.5. The first-order valence-electron chi connectivity index (χ1n) is 8.88. The normalized spacial score (nSPS) is 12.6. The Labute approximate surface area is 172 Å². The van der Waals surface area contributed by atoms with Gasteiger partial charge in [-0.2, -0.15) is 16.8 Å². The average molecular weight is 445 g/mol. The minimum absolute atomic E-state index is 0.0149. The van der Waals surface area contributed by atoms with Crippen molar-refractivity contribution in [3.05, 3.63) is 59.7 Å². The highest BCUT2D eigenvalue weighted by Crippen LogP contribution is 2.33. The molecule has 0 N–H and O–H groups in total. The van der Waals surface area contributed by atoms with Gasteiger partial charge in [0.15, 0.2) is 0 Å². The second-order valence-corrected chi connectivity index (χ2v) is 8.91. The van der Waals surface area contributed by atoms with Crippen LogP contribution in [0, 0.1) is 0 Å². The van der Waals surface area contributed by atoms with Crippen LogP contribution in [-0.2, 0) is 34.6 Å². The molecule has 2 aromatic rings. The van der Waals surface area contributed by atoms with Crippen molar-refractivity contribution in [1.29, 1.82) is 0 Å². The van der Waals surface area contributed by atoms with E-state index >= 15 is 0 Å². The molecule has 0 radical (unpaired) electrons. The molecule has 0 atom stereocenters. The summed E-state index contributed by atoms with van der Waals surface area (Å²) in [7, 11) is -8.16. The van der Waals surface area contributed by atoms with E-state index in [1.54, 1.807) is 62.4 Å².